The molecule has 2 rings (SSSR count). The van der Waals surface area contributed by atoms with E-state index in [1.165, 1.54) is 11.8 Å². The van der Waals surface area contributed by atoms with E-state index in [9.17, 15) is 9.59 Å². The van der Waals surface area contributed by atoms with Gasteiger partial charge >= 0.3 is 0 Å². The summed E-state index contributed by atoms with van der Waals surface area (Å²) in [6.45, 7) is 1.30. The topological polar surface area (TPSA) is 70.2 Å². The van der Waals surface area contributed by atoms with Crippen molar-refractivity contribution in [3.05, 3.63) is 23.8 Å². The molecule has 2 amide bonds. The summed E-state index contributed by atoms with van der Waals surface area (Å²) < 4.78 is 0. The number of carbonyl (C=O) groups excluding carboxylic acids is 2. The summed E-state index contributed by atoms with van der Waals surface area (Å²) in [5.41, 5.74) is 1.28. The molecule has 0 radical (unpaired) electrons. The highest BCUT2D eigenvalue weighted by molar-refractivity contribution is 8.00. The van der Waals surface area contributed by atoms with Crippen LogP contribution in [0.3, 0.4) is 0 Å². The molecule has 1 aromatic rings. The van der Waals surface area contributed by atoms with Gasteiger partial charge in [0.2, 0.25) is 5.91 Å². The van der Waals surface area contributed by atoms with E-state index in [0.29, 0.717) is 17.9 Å². The van der Waals surface area contributed by atoms with E-state index in [2.05, 4.69) is 16.0 Å². The van der Waals surface area contributed by atoms with E-state index in [1.807, 2.05) is 13.1 Å². The van der Waals surface area contributed by atoms with Crippen LogP contribution in [0.2, 0.25) is 0 Å². The minimum atomic E-state index is -0.127. The zero-order valence-corrected chi connectivity index (χ0v) is 12.1. The van der Waals surface area contributed by atoms with Gasteiger partial charge in [0.15, 0.2) is 0 Å². The molecule has 1 aliphatic rings. The molecule has 19 heavy (non-hydrogen) atoms. The molecule has 1 aliphatic heterocycles. The van der Waals surface area contributed by atoms with Gasteiger partial charge in [-0.25, -0.2) is 0 Å². The second kappa shape index (κ2) is 7.37. The van der Waals surface area contributed by atoms with Gasteiger partial charge in [-0.15, -0.1) is 24.2 Å². The van der Waals surface area contributed by atoms with Crippen LogP contribution in [0.5, 0.6) is 0 Å². The Bertz CT molecular complexity index is 482. The summed E-state index contributed by atoms with van der Waals surface area (Å²) in [6, 6.07) is 5.36. The number of amides is 2. The van der Waals surface area contributed by atoms with Crippen molar-refractivity contribution in [2.75, 3.05) is 31.2 Å². The fourth-order valence-corrected chi connectivity index (χ4v) is 2.42. The maximum atomic E-state index is 11.8. The van der Waals surface area contributed by atoms with Crippen LogP contribution >= 0.6 is 24.2 Å². The Balaban J connectivity index is 0.00000180. The van der Waals surface area contributed by atoms with Gasteiger partial charge in [-0.3, -0.25) is 9.59 Å². The van der Waals surface area contributed by atoms with Crippen LogP contribution in [0.15, 0.2) is 23.1 Å². The predicted molar refractivity (Wildman–Crippen MR) is 79.3 cm³/mol. The van der Waals surface area contributed by atoms with Crippen molar-refractivity contribution in [1.29, 1.82) is 0 Å². The lowest BCUT2D eigenvalue weighted by atomic mass is 10.2. The first-order valence-corrected chi connectivity index (χ1v) is 6.69. The molecular formula is C12H16ClN3O2S. The van der Waals surface area contributed by atoms with Gasteiger partial charge in [0.1, 0.15) is 0 Å². The van der Waals surface area contributed by atoms with E-state index in [-0.39, 0.29) is 24.2 Å². The van der Waals surface area contributed by atoms with Crippen LogP contribution in [0.1, 0.15) is 10.4 Å². The molecule has 0 unspecified atom stereocenters. The molecule has 0 atom stereocenters. The minimum Gasteiger partial charge on any atom is -0.351 e. The van der Waals surface area contributed by atoms with Gasteiger partial charge in [-0.2, -0.15) is 0 Å². The number of fused-ring (bicyclic) bond motifs is 1. The number of hydrogen-bond acceptors (Lipinski definition) is 4. The van der Waals surface area contributed by atoms with Crippen molar-refractivity contribution in [3.8, 4) is 0 Å². The standard InChI is InChI=1S/C12H15N3O2S.ClH/c1-13-4-5-14-12(17)8-2-3-10-9(6-8)15-11(16)7-18-10;/h2-3,6,13H,4-5,7H2,1H3,(H,14,17)(H,15,16);1H. The van der Waals surface area contributed by atoms with Crippen LogP contribution in [0.25, 0.3) is 0 Å². The van der Waals surface area contributed by atoms with Gasteiger partial charge < -0.3 is 16.0 Å². The summed E-state index contributed by atoms with van der Waals surface area (Å²) >= 11 is 1.48. The quantitative estimate of drug-likeness (QED) is 0.729. The molecule has 0 aliphatic carbocycles. The van der Waals surface area contributed by atoms with E-state index < -0.39 is 0 Å². The Kier molecular flexibility index (Phi) is 6.14. The SMILES string of the molecule is CNCCNC(=O)c1ccc2c(c1)NC(=O)CS2.Cl. The smallest absolute Gasteiger partial charge is 0.251 e. The molecule has 0 bridgehead atoms. The van der Waals surface area contributed by atoms with Crippen LogP contribution in [-0.4, -0.2) is 37.7 Å². The number of nitrogens with one attached hydrogen (secondary N) is 3. The molecule has 0 saturated carbocycles. The number of carbonyl (C=O) groups is 2. The predicted octanol–water partition coefficient (Wildman–Crippen LogP) is 1.10. The largest absolute Gasteiger partial charge is 0.351 e. The molecule has 3 N–H and O–H groups in total. The highest BCUT2D eigenvalue weighted by Gasteiger charge is 2.16. The summed E-state index contributed by atoms with van der Waals surface area (Å²) in [7, 11) is 1.83. The first kappa shape index (κ1) is 15.8. The molecule has 1 heterocycles. The second-order valence-electron chi connectivity index (χ2n) is 3.91. The van der Waals surface area contributed by atoms with Gasteiger partial charge in [-0.05, 0) is 25.2 Å². The van der Waals surface area contributed by atoms with E-state index in [4.69, 9.17) is 0 Å². The van der Waals surface area contributed by atoms with E-state index in [0.717, 1.165) is 17.1 Å². The molecular weight excluding hydrogens is 286 g/mol. The van der Waals surface area contributed by atoms with Crippen LogP contribution in [-0.2, 0) is 4.79 Å². The van der Waals surface area contributed by atoms with Gasteiger partial charge in [0.05, 0.1) is 11.4 Å². The third kappa shape index (κ3) is 4.12. The molecule has 7 heteroatoms. The lowest BCUT2D eigenvalue weighted by molar-refractivity contribution is -0.113. The highest BCUT2D eigenvalue weighted by Crippen LogP contribution is 2.31. The second-order valence-corrected chi connectivity index (χ2v) is 4.92. The van der Waals surface area contributed by atoms with Crippen molar-refractivity contribution in [2.45, 2.75) is 4.90 Å². The number of thioether (sulfide) groups is 1. The van der Waals surface area contributed by atoms with Crippen molar-refractivity contribution < 1.29 is 9.59 Å². The fraction of sp³-hybridized carbons (Fsp3) is 0.333. The van der Waals surface area contributed by atoms with Crippen molar-refractivity contribution in [2.24, 2.45) is 0 Å². The lowest BCUT2D eigenvalue weighted by Crippen LogP contribution is -2.30. The molecule has 104 valence electrons. The lowest BCUT2D eigenvalue weighted by Gasteiger charge is -2.16. The summed E-state index contributed by atoms with van der Waals surface area (Å²) in [4.78, 5) is 24.1. The summed E-state index contributed by atoms with van der Waals surface area (Å²) in [5, 5.41) is 8.52. The Labute approximate surface area is 122 Å². The van der Waals surface area contributed by atoms with Gasteiger partial charge in [0.25, 0.3) is 5.91 Å². The zero-order chi connectivity index (χ0) is 13.0. The Hall–Kier alpha value is -1.24. The van der Waals surface area contributed by atoms with Crippen LogP contribution < -0.4 is 16.0 Å². The number of hydrogen-bond donors (Lipinski definition) is 3. The fourth-order valence-electron chi connectivity index (χ4n) is 1.63. The normalized spacial score (nSPS) is 13.0. The maximum Gasteiger partial charge on any atom is 0.251 e. The minimum absolute atomic E-state index is 0. The third-order valence-electron chi connectivity index (χ3n) is 2.54. The molecule has 0 aromatic heterocycles. The monoisotopic (exact) mass is 301 g/mol. The number of likely N-dealkylation sites (N-methyl/N-ethyl adjacent to an activating group) is 1. The van der Waals surface area contributed by atoms with E-state index in [1.54, 1.807) is 12.1 Å². The Morgan fingerprint density at radius 2 is 2.21 bits per heavy atom. The number of anilines is 1. The zero-order valence-electron chi connectivity index (χ0n) is 10.5. The molecule has 0 saturated heterocycles. The number of halogens is 1. The highest BCUT2D eigenvalue weighted by atomic mass is 35.5. The molecule has 0 spiro atoms. The van der Waals surface area contributed by atoms with Crippen molar-refractivity contribution in [1.82, 2.24) is 10.6 Å². The first-order valence-electron chi connectivity index (χ1n) is 5.70. The maximum absolute atomic E-state index is 11.8. The van der Waals surface area contributed by atoms with Crippen LogP contribution in [0, 0.1) is 0 Å². The Morgan fingerprint density at radius 3 is 2.95 bits per heavy atom. The molecule has 5 nitrogen and oxygen atoms in total. The first-order chi connectivity index (χ1) is 8.70. The van der Waals surface area contributed by atoms with Crippen LogP contribution in [0.4, 0.5) is 5.69 Å². The van der Waals surface area contributed by atoms with Gasteiger partial charge in [0, 0.05) is 23.5 Å². The molecule has 0 fully saturated rings. The summed E-state index contributed by atoms with van der Waals surface area (Å²) in [6.07, 6.45) is 0. The summed E-state index contributed by atoms with van der Waals surface area (Å²) in [5.74, 6) is 0.277. The average Bonchev–Trinajstić information content (AvgIpc) is 2.38. The van der Waals surface area contributed by atoms with Crippen molar-refractivity contribution >= 4 is 41.7 Å². The third-order valence-corrected chi connectivity index (χ3v) is 3.61. The molecule has 1 aromatic carbocycles. The Morgan fingerprint density at radius 1 is 1.42 bits per heavy atom. The van der Waals surface area contributed by atoms with Gasteiger partial charge in [-0.1, -0.05) is 0 Å². The van der Waals surface area contributed by atoms with E-state index >= 15 is 0 Å². The number of benzene rings is 1. The number of rotatable bonds is 4. The van der Waals surface area contributed by atoms with Crippen molar-refractivity contribution in [3.63, 3.8) is 0 Å². The average molecular weight is 302 g/mol.